The Kier molecular flexibility index (Phi) is 8.14. The topological polar surface area (TPSA) is 121 Å². The Hall–Kier alpha value is -4.44. The number of amides is 1. The molecule has 0 radical (unpaired) electrons. The van der Waals surface area contributed by atoms with Crippen LogP contribution in [0, 0.1) is 17.1 Å². The molecule has 2 N–H and O–H groups in total. The lowest BCUT2D eigenvalue weighted by Gasteiger charge is -2.12. The van der Waals surface area contributed by atoms with Crippen LogP contribution < -0.4 is 14.8 Å². The molecule has 0 saturated heterocycles. The van der Waals surface area contributed by atoms with Crippen molar-refractivity contribution >= 4 is 27.7 Å². The number of alkyl halides is 3. The minimum atomic E-state index is -4.71. The van der Waals surface area contributed by atoms with Gasteiger partial charge in [-0.2, -0.15) is 18.4 Å². The number of hydrogen-bond donors (Lipinski definition) is 2. The number of pyridine rings is 1. The first-order valence-electron chi connectivity index (χ1n) is 10.3. The van der Waals surface area contributed by atoms with Crippen molar-refractivity contribution in [2.45, 2.75) is 12.7 Å². The van der Waals surface area contributed by atoms with E-state index in [0.717, 1.165) is 30.5 Å². The summed E-state index contributed by atoms with van der Waals surface area (Å²) in [6.07, 6.45) is -1.70. The highest BCUT2D eigenvalue weighted by molar-refractivity contribution is 7.92. The normalized spacial score (nSPS) is 11.7. The number of carbonyl (C=O) groups is 1. The number of para-hydroxylation sites is 1. The average molecular weight is 534 g/mol. The minimum absolute atomic E-state index is 0.0843. The number of rotatable bonds is 8. The highest BCUT2D eigenvalue weighted by Gasteiger charge is 2.33. The third kappa shape index (κ3) is 7.77. The van der Waals surface area contributed by atoms with E-state index in [9.17, 15) is 36.0 Å². The maximum Gasteiger partial charge on any atom is 0.433 e. The van der Waals surface area contributed by atoms with Crippen molar-refractivity contribution < 1.29 is 35.5 Å². The van der Waals surface area contributed by atoms with Crippen LogP contribution in [0.5, 0.6) is 11.6 Å². The number of sulfonamides is 1. The van der Waals surface area contributed by atoms with Gasteiger partial charge in [0.05, 0.1) is 11.8 Å². The van der Waals surface area contributed by atoms with E-state index in [1.807, 2.05) is 4.72 Å². The molecule has 0 unspecified atom stereocenters. The molecule has 1 heterocycles. The van der Waals surface area contributed by atoms with Crippen LogP contribution >= 0.6 is 0 Å². The summed E-state index contributed by atoms with van der Waals surface area (Å²) in [5.41, 5.74) is -1.73. The molecule has 0 saturated carbocycles. The molecule has 192 valence electrons. The number of nitrogens with zero attached hydrogens (tertiary/aromatic N) is 2. The molecule has 3 aromatic rings. The number of anilines is 1. The number of nitriles is 1. The molecule has 0 atom stereocenters. The Morgan fingerprint density at radius 2 is 1.86 bits per heavy atom. The number of halogens is 4. The number of ether oxygens (including phenoxy) is 1. The van der Waals surface area contributed by atoms with Crippen molar-refractivity contribution in [1.29, 1.82) is 5.26 Å². The number of aromatic nitrogens is 1. The number of carbonyl (C=O) groups excluding carboxylic acids is 1. The standard InChI is InChI=1S/C24H18F4N4O4S/c1-37(34,35)32-22-17(13-29)11-15(12-19(22)25)14-30-21(33)10-8-16-7-9-20(24(26,27)28)31-23(16)36-18-5-3-2-4-6-18/h2-12,32H,14H2,1H3,(H,30,33). The molecule has 0 aliphatic heterocycles. The summed E-state index contributed by atoms with van der Waals surface area (Å²) in [4.78, 5) is 15.8. The smallest absolute Gasteiger partial charge is 0.433 e. The van der Waals surface area contributed by atoms with Gasteiger partial charge in [-0.05, 0) is 48.0 Å². The van der Waals surface area contributed by atoms with Gasteiger partial charge in [0, 0.05) is 18.2 Å². The molecular formula is C24H18F4N4O4S. The van der Waals surface area contributed by atoms with E-state index in [2.05, 4.69) is 10.3 Å². The predicted octanol–water partition coefficient (Wildman–Crippen LogP) is 4.60. The summed E-state index contributed by atoms with van der Waals surface area (Å²) in [6.45, 7) is -0.230. The van der Waals surface area contributed by atoms with Crippen LogP contribution in [-0.2, 0) is 27.5 Å². The fourth-order valence-corrected chi connectivity index (χ4v) is 3.55. The van der Waals surface area contributed by atoms with Gasteiger partial charge in [0.2, 0.25) is 21.8 Å². The van der Waals surface area contributed by atoms with Crippen molar-refractivity contribution in [3.8, 4) is 17.7 Å². The van der Waals surface area contributed by atoms with Gasteiger partial charge in [-0.15, -0.1) is 0 Å². The quantitative estimate of drug-likeness (QED) is 0.322. The number of nitrogens with one attached hydrogen (secondary N) is 2. The summed E-state index contributed by atoms with van der Waals surface area (Å²) in [5, 5.41) is 11.7. The van der Waals surface area contributed by atoms with E-state index in [4.69, 9.17) is 4.74 Å². The molecule has 8 nitrogen and oxygen atoms in total. The second-order valence-corrected chi connectivity index (χ2v) is 9.29. The molecule has 0 bridgehead atoms. The fourth-order valence-electron chi connectivity index (χ4n) is 2.97. The van der Waals surface area contributed by atoms with E-state index in [1.165, 1.54) is 24.3 Å². The molecular weight excluding hydrogens is 516 g/mol. The van der Waals surface area contributed by atoms with Crippen molar-refractivity contribution in [2.24, 2.45) is 0 Å². The van der Waals surface area contributed by atoms with Crippen molar-refractivity contribution in [2.75, 3.05) is 11.0 Å². The van der Waals surface area contributed by atoms with E-state index in [1.54, 1.807) is 24.3 Å². The third-order valence-electron chi connectivity index (χ3n) is 4.58. The van der Waals surface area contributed by atoms with Crippen LogP contribution in [0.1, 0.15) is 22.4 Å². The summed E-state index contributed by atoms with van der Waals surface area (Å²) in [7, 11) is -3.84. The molecule has 1 aromatic heterocycles. The maximum atomic E-state index is 14.4. The Morgan fingerprint density at radius 1 is 1.16 bits per heavy atom. The monoisotopic (exact) mass is 534 g/mol. The van der Waals surface area contributed by atoms with Gasteiger partial charge in [0.1, 0.15) is 29.0 Å². The van der Waals surface area contributed by atoms with Crippen LogP contribution in [0.4, 0.5) is 23.2 Å². The Morgan fingerprint density at radius 3 is 2.49 bits per heavy atom. The first kappa shape index (κ1) is 27.2. The van der Waals surface area contributed by atoms with Crippen LogP contribution in [0.15, 0.2) is 60.7 Å². The largest absolute Gasteiger partial charge is 0.438 e. The Bertz CT molecular complexity index is 1490. The zero-order chi connectivity index (χ0) is 27.2. The zero-order valence-electron chi connectivity index (χ0n) is 19.0. The highest BCUT2D eigenvalue weighted by atomic mass is 32.2. The van der Waals surface area contributed by atoms with Crippen molar-refractivity contribution in [1.82, 2.24) is 10.3 Å². The third-order valence-corrected chi connectivity index (χ3v) is 5.15. The predicted molar refractivity (Wildman–Crippen MR) is 126 cm³/mol. The molecule has 0 spiro atoms. The molecule has 0 aliphatic carbocycles. The van der Waals surface area contributed by atoms with E-state index < -0.39 is 39.3 Å². The van der Waals surface area contributed by atoms with Crippen LogP contribution in [0.25, 0.3) is 6.08 Å². The lowest BCUT2D eigenvalue weighted by atomic mass is 10.1. The Labute approximate surface area is 209 Å². The molecule has 3 rings (SSSR count). The van der Waals surface area contributed by atoms with Crippen LogP contribution in [0.2, 0.25) is 0 Å². The molecule has 1 amide bonds. The van der Waals surface area contributed by atoms with Gasteiger partial charge < -0.3 is 10.1 Å². The maximum absolute atomic E-state index is 14.4. The second-order valence-electron chi connectivity index (χ2n) is 7.54. The zero-order valence-corrected chi connectivity index (χ0v) is 19.8. The molecule has 0 aliphatic rings. The minimum Gasteiger partial charge on any atom is -0.438 e. The summed E-state index contributed by atoms with van der Waals surface area (Å²) < 4.78 is 83.9. The second kappa shape index (κ2) is 11.1. The number of hydrogen-bond acceptors (Lipinski definition) is 6. The first-order chi connectivity index (χ1) is 17.4. The van der Waals surface area contributed by atoms with E-state index >= 15 is 0 Å². The van der Waals surface area contributed by atoms with Gasteiger partial charge in [0.15, 0.2) is 0 Å². The van der Waals surface area contributed by atoms with E-state index in [0.29, 0.717) is 0 Å². The molecule has 0 fully saturated rings. The van der Waals surface area contributed by atoms with E-state index in [-0.39, 0.29) is 34.9 Å². The number of benzene rings is 2. The summed E-state index contributed by atoms with van der Waals surface area (Å²) in [6, 6.07) is 13.6. The molecule has 2 aromatic carbocycles. The van der Waals surface area contributed by atoms with Crippen LogP contribution in [-0.4, -0.2) is 25.6 Å². The van der Waals surface area contributed by atoms with Gasteiger partial charge in [-0.3, -0.25) is 9.52 Å². The Balaban J connectivity index is 1.77. The van der Waals surface area contributed by atoms with Crippen molar-refractivity contribution in [3.05, 3.63) is 88.9 Å². The van der Waals surface area contributed by atoms with Gasteiger partial charge >= 0.3 is 6.18 Å². The lowest BCUT2D eigenvalue weighted by Crippen LogP contribution is -2.20. The van der Waals surface area contributed by atoms with Gasteiger partial charge in [0.25, 0.3) is 0 Å². The summed E-state index contributed by atoms with van der Waals surface area (Å²) >= 11 is 0. The summed E-state index contributed by atoms with van der Waals surface area (Å²) in [5.74, 6) is -1.84. The molecule has 37 heavy (non-hydrogen) atoms. The fraction of sp³-hybridized carbons (Fsp3) is 0.125. The lowest BCUT2D eigenvalue weighted by molar-refractivity contribution is -0.141. The van der Waals surface area contributed by atoms with Crippen molar-refractivity contribution in [3.63, 3.8) is 0 Å². The SMILES string of the molecule is CS(=O)(=O)Nc1c(F)cc(CNC(=O)C=Cc2ccc(C(F)(F)F)nc2Oc2ccccc2)cc1C#N. The highest BCUT2D eigenvalue weighted by Crippen LogP contribution is 2.32. The average Bonchev–Trinajstić information content (AvgIpc) is 2.82. The van der Waals surface area contributed by atoms with Gasteiger partial charge in [-0.25, -0.2) is 17.8 Å². The van der Waals surface area contributed by atoms with Gasteiger partial charge in [-0.1, -0.05) is 18.2 Å². The first-order valence-corrected chi connectivity index (χ1v) is 12.2. The van der Waals surface area contributed by atoms with Crippen LogP contribution in [0.3, 0.4) is 0 Å². The molecule has 13 heteroatoms.